The van der Waals surface area contributed by atoms with E-state index >= 15 is 0 Å². The van der Waals surface area contributed by atoms with Crippen molar-refractivity contribution in [2.45, 2.75) is 32.0 Å². The lowest BCUT2D eigenvalue weighted by molar-refractivity contribution is -0.183. The van der Waals surface area contributed by atoms with Gasteiger partial charge in [0, 0.05) is 26.2 Å². The zero-order valence-electron chi connectivity index (χ0n) is 10.6. The van der Waals surface area contributed by atoms with Crippen molar-refractivity contribution in [3.63, 3.8) is 0 Å². The van der Waals surface area contributed by atoms with E-state index in [1.54, 1.807) is 12.0 Å². The van der Waals surface area contributed by atoms with E-state index in [0.29, 0.717) is 24.8 Å². The molecule has 1 unspecified atom stereocenters. The minimum absolute atomic E-state index is 0.0582. The first kappa shape index (κ1) is 15.5. The van der Waals surface area contributed by atoms with Gasteiger partial charge in [0.1, 0.15) is 0 Å². The van der Waals surface area contributed by atoms with Crippen molar-refractivity contribution in [1.29, 1.82) is 0 Å². The van der Waals surface area contributed by atoms with Crippen LogP contribution >= 0.6 is 12.2 Å². The van der Waals surface area contributed by atoms with Crippen LogP contribution in [0.3, 0.4) is 0 Å². The highest BCUT2D eigenvalue weighted by atomic mass is 32.1. The smallest absolute Gasteiger partial charge is 0.383 e. The maximum Gasteiger partial charge on any atom is 0.391 e. The third kappa shape index (κ3) is 4.61. The Hall–Kier alpha value is -0.560. The Kier molecular flexibility index (Phi) is 5.65. The van der Waals surface area contributed by atoms with Gasteiger partial charge in [0.25, 0.3) is 0 Å². The summed E-state index contributed by atoms with van der Waals surface area (Å²) >= 11 is 5.17. The van der Waals surface area contributed by atoms with E-state index in [9.17, 15) is 13.2 Å². The van der Waals surface area contributed by atoms with Gasteiger partial charge in [0.05, 0.1) is 12.5 Å². The first-order valence-corrected chi connectivity index (χ1v) is 6.36. The molecular weight excluding hydrogens is 265 g/mol. The monoisotopic (exact) mass is 284 g/mol. The molecule has 0 aliphatic carbocycles. The molecule has 0 saturated carbocycles. The Morgan fingerprint density at radius 2 is 2.00 bits per heavy atom. The fraction of sp³-hybridized carbons (Fsp3) is 0.909. The molecule has 7 heteroatoms. The number of methoxy groups -OCH3 is 1. The Morgan fingerprint density at radius 1 is 1.44 bits per heavy atom. The molecule has 1 rings (SSSR count). The van der Waals surface area contributed by atoms with Gasteiger partial charge < -0.3 is 15.0 Å². The summed E-state index contributed by atoms with van der Waals surface area (Å²) in [5.74, 6) is -1.19. The molecule has 1 saturated heterocycles. The van der Waals surface area contributed by atoms with E-state index in [0.717, 1.165) is 0 Å². The third-order valence-electron chi connectivity index (χ3n) is 3.03. The van der Waals surface area contributed by atoms with E-state index in [1.165, 1.54) is 0 Å². The van der Waals surface area contributed by atoms with E-state index < -0.39 is 12.1 Å². The number of thiocarbonyl (C=S) groups is 1. The molecule has 0 spiro atoms. The molecule has 0 aromatic heterocycles. The van der Waals surface area contributed by atoms with Crippen molar-refractivity contribution in [3.05, 3.63) is 0 Å². The van der Waals surface area contributed by atoms with Gasteiger partial charge >= 0.3 is 6.18 Å². The number of piperidine rings is 1. The Morgan fingerprint density at radius 3 is 2.44 bits per heavy atom. The van der Waals surface area contributed by atoms with Gasteiger partial charge in [0.2, 0.25) is 0 Å². The second-order valence-electron chi connectivity index (χ2n) is 4.61. The quantitative estimate of drug-likeness (QED) is 0.803. The number of nitrogens with zero attached hydrogens (tertiary/aromatic N) is 1. The van der Waals surface area contributed by atoms with Crippen molar-refractivity contribution >= 4 is 17.3 Å². The topological polar surface area (TPSA) is 24.5 Å². The highest BCUT2D eigenvalue weighted by molar-refractivity contribution is 7.80. The molecule has 0 amide bonds. The lowest BCUT2D eigenvalue weighted by atomic mass is 9.96. The van der Waals surface area contributed by atoms with Crippen molar-refractivity contribution in [3.8, 4) is 0 Å². The minimum atomic E-state index is -4.08. The molecular formula is C11H19F3N2OS. The van der Waals surface area contributed by atoms with Crippen LogP contribution in [0.2, 0.25) is 0 Å². The number of halogens is 3. The lowest BCUT2D eigenvalue weighted by Crippen LogP contribution is -2.49. The van der Waals surface area contributed by atoms with Gasteiger partial charge in [-0.05, 0) is 32.0 Å². The summed E-state index contributed by atoms with van der Waals surface area (Å²) in [5, 5.41) is 3.57. The second-order valence-corrected chi connectivity index (χ2v) is 5.00. The normalized spacial score (nSPS) is 19.7. The summed E-state index contributed by atoms with van der Waals surface area (Å²) in [6.45, 7) is 3.14. The van der Waals surface area contributed by atoms with Crippen LogP contribution in [0.25, 0.3) is 0 Å². The SMILES string of the molecule is COCC(C)NC(=S)N1CCC(C(F)(F)F)CC1. The zero-order valence-corrected chi connectivity index (χ0v) is 11.4. The molecule has 1 aliphatic rings. The summed E-state index contributed by atoms with van der Waals surface area (Å²) in [6, 6.07) is 0.0582. The van der Waals surface area contributed by atoms with Crippen molar-refractivity contribution in [1.82, 2.24) is 10.2 Å². The highest BCUT2D eigenvalue weighted by Crippen LogP contribution is 2.34. The van der Waals surface area contributed by atoms with Crippen LogP contribution in [-0.2, 0) is 4.74 Å². The Labute approximate surface area is 111 Å². The first-order valence-electron chi connectivity index (χ1n) is 5.95. The van der Waals surface area contributed by atoms with Crippen LogP contribution in [0.4, 0.5) is 13.2 Å². The van der Waals surface area contributed by atoms with Crippen LogP contribution in [0.5, 0.6) is 0 Å². The fourth-order valence-electron chi connectivity index (χ4n) is 2.00. The standard InChI is InChI=1S/C11H19F3N2OS/c1-8(7-17-2)15-10(18)16-5-3-9(4-6-16)11(12,13)14/h8-9H,3-7H2,1-2H3,(H,15,18). The largest absolute Gasteiger partial charge is 0.391 e. The van der Waals surface area contributed by atoms with E-state index in [2.05, 4.69) is 5.32 Å². The van der Waals surface area contributed by atoms with Crippen LogP contribution < -0.4 is 5.32 Å². The maximum atomic E-state index is 12.5. The summed E-state index contributed by atoms with van der Waals surface area (Å²) in [5.41, 5.74) is 0. The molecule has 0 radical (unpaired) electrons. The molecule has 106 valence electrons. The summed E-state index contributed by atoms with van der Waals surface area (Å²) in [6.07, 6.45) is -3.85. The average Bonchev–Trinajstić information content (AvgIpc) is 2.28. The summed E-state index contributed by atoms with van der Waals surface area (Å²) in [4.78, 5) is 1.80. The van der Waals surface area contributed by atoms with Gasteiger partial charge in [-0.25, -0.2) is 0 Å². The predicted molar refractivity (Wildman–Crippen MR) is 67.4 cm³/mol. The lowest BCUT2D eigenvalue weighted by Gasteiger charge is -2.35. The van der Waals surface area contributed by atoms with Crippen LogP contribution in [0.15, 0.2) is 0 Å². The van der Waals surface area contributed by atoms with E-state index in [4.69, 9.17) is 17.0 Å². The molecule has 0 aromatic rings. The molecule has 1 heterocycles. The number of nitrogens with one attached hydrogen (secondary N) is 1. The van der Waals surface area contributed by atoms with Gasteiger partial charge in [-0.1, -0.05) is 0 Å². The molecule has 3 nitrogen and oxygen atoms in total. The second kappa shape index (κ2) is 6.56. The van der Waals surface area contributed by atoms with Crippen LogP contribution in [-0.4, -0.2) is 49.0 Å². The highest BCUT2D eigenvalue weighted by Gasteiger charge is 2.41. The Bertz CT molecular complexity index is 278. The van der Waals surface area contributed by atoms with Gasteiger partial charge in [-0.15, -0.1) is 0 Å². The van der Waals surface area contributed by atoms with E-state index in [-0.39, 0.29) is 18.9 Å². The first-order chi connectivity index (χ1) is 8.34. The zero-order chi connectivity index (χ0) is 13.8. The van der Waals surface area contributed by atoms with Crippen LogP contribution in [0, 0.1) is 5.92 Å². The molecule has 1 fully saturated rings. The van der Waals surface area contributed by atoms with Gasteiger partial charge in [-0.2, -0.15) is 13.2 Å². The van der Waals surface area contributed by atoms with Crippen molar-refractivity contribution in [2.24, 2.45) is 5.92 Å². The molecule has 1 aliphatic heterocycles. The van der Waals surface area contributed by atoms with Crippen molar-refractivity contribution in [2.75, 3.05) is 26.8 Å². The maximum absolute atomic E-state index is 12.5. The Balaban J connectivity index is 2.36. The number of likely N-dealkylation sites (tertiary alicyclic amines) is 1. The summed E-state index contributed by atoms with van der Waals surface area (Å²) < 4.78 is 42.5. The molecule has 1 N–H and O–H groups in total. The molecule has 18 heavy (non-hydrogen) atoms. The van der Waals surface area contributed by atoms with Gasteiger partial charge in [0.15, 0.2) is 5.11 Å². The number of alkyl halides is 3. The summed E-state index contributed by atoms with van der Waals surface area (Å²) in [7, 11) is 1.59. The number of hydrogen-bond acceptors (Lipinski definition) is 2. The van der Waals surface area contributed by atoms with Crippen LogP contribution in [0.1, 0.15) is 19.8 Å². The molecule has 1 atom stereocenters. The number of hydrogen-bond donors (Lipinski definition) is 1. The predicted octanol–water partition coefficient (Wildman–Crippen LogP) is 2.17. The van der Waals surface area contributed by atoms with Crippen molar-refractivity contribution < 1.29 is 17.9 Å². The minimum Gasteiger partial charge on any atom is -0.383 e. The van der Waals surface area contributed by atoms with E-state index in [1.807, 2.05) is 6.92 Å². The number of rotatable bonds is 3. The molecule has 0 aromatic carbocycles. The molecule has 0 bridgehead atoms. The van der Waals surface area contributed by atoms with Gasteiger partial charge in [-0.3, -0.25) is 0 Å². The fourth-order valence-corrected chi connectivity index (χ4v) is 2.39. The third-order valence-corrected chi connectivity index (χ3v) is 3.41. The average molecular weight is 284 g/mol. The number of ether oxygens (including phenoxy) is 1.